The molecule has 4 nitrogen and oxygen atoms in total. The molecule has 5 heteroatoms. The number of nitrogens with zero attached hydrogens (tertiary/aromatic N) is 2. The number of aromatic nitrogens is 1. The SMILES string of the molecule is C=C1CCC2(CN(Cc3ccc(-c4cccc(-c5cccc6c5CCC6)c4Cl)nc3OC)C2)N1. The van der Waals surface area contributed by atoms with Crippen LogP contribution in [0.15, 0.2) is 60.8 Å². The van der Waals surface area contributed by atoms with Crippen molar-refractivity contribution in [3.05, 3.63) is 82.5 Å². The molecule has 0 amide bonds. The third-order valence-corrected chi connectivity index (χ3v) is 8.04. The number of nitrogens with one attached hydrogen (secondary N) is 1. The number of hydrogen-bond acceptors (Lipinski definition) is 4. The molecule has 3 aromatic rings. The zero-order chi connectivity index (χ0) is 23.3. The molecule has 0 bridgehead atoms. The highest BCUT2D eigenvalue weighted by Crippen LogP contribution is 2.41. The highest BCUT2D eigenvalue weighted by atomic mass is 35.5. The van der Waals surface area contributed by atoms with Crippen molar-refractivity contribution < 1.29 is 4.74 Å². The molecule has 6 rings (SSSR count). The second-order valence-corrected chi connectivity index (χ2v) is 10.4. The molecule has 0 radical (unpaired) electrons. The second kappa shape index (κ2) is 8.44. The monoisotopic (exact) mass is 471 g/mol. The Labute approximate surface area is 206 Å². The van der Waals surface area contributed by atoms with Gasteiger partial charge in [-0.2, -0.15) is 0 Å². The number of halogens is 1. The number of hydrogen-bond donors (Lipinski definition) is 1. The summed E-state index contributed by atoms with van der Waals surface area (Å²) in [6.45, 7) is 6.98. The van der Waals surface area contributed by atoms with Crippen LogP contribution in [0.2, 0.25) is 5.02 Å². The standard InChI is InChI=1S/C29H30ClN3O/c1-19-14-15-29(32-19)17-33(18-29)16-21-12-13-26(31-28(21)34-2)25-11-5-10-24(27(25)30)23-9-4-7-20-6-3-8-22(20)23/h4-5,7,9-13,32H,1,3,6,8,14-18H2,2H3. The zero-order valence-electron chi connectivity index (χ0n) is 19.7. The van der Waals surface area contributed by atoms with E-state index in [1.54, 1.807) is 7.11 Å². The third-order valence-electron chi connectivity index (χ3n) is 7.64. The van der Waals surface area contributed by atoms with E-state index in [1.807, 2.05) is 6.07 Å². The first-order valence-electron chi connectivity index (χ1n) is 12.2. The summed E-state index contributed by atoms with van der Waals surface area (Å²) in [5, 5.41) is 4.34. The molecular weight excluding hydrogens is 442 g/mol. The van der Waals surface area contributed by atoms with E-state index in [9.17, 15) is 0 Å². The Hall–Kier alpha value is -2.82. The fourth-order valence-corrected chi connectivity index (χ4v) is 6.34. The molecule has 1 N–H and O–H groups in total. The van der Waals surface area contributed by atoms with Crippen molar-refractivity contribution in [2.45, 2.75) is 44.2 Å². The molecule has 2 saturated heterocycles. The van der Waals surface area contributed by atoms with Crippen LogP contribution in [0.5, 0.6) is 5.88 Å². The van der Waals surface area contributed by atoms with Gasteiger partial charge in [-0.05, 0) is 54.9 Å². The molecule has 0 atom stereocenters. The molecule has 0 unspecified atom stereocenters. The number of allylic oxidation sites excluding steroid dienone is 1. The number of benzene rings is 2. The summed E-state index contributed by atoms with van der Waals surface area (Å²) in [5.74, 6) is 0.671. The van der Waals surface area contributed by atoms with Crippen molar-refractivity contribution >= 4 is 11.6 Å². The summed E-state index contributed by atoms with van der Waals surface area (Å²) in [6, 6.07) is 17.0. The van der Waals surface area contributed by atoms with E-state index in [0.29, 0.717) is 5.88 Å². The molecule has 0 saturated carbocycles. The first-order valence-corrected chi connectivity index (χ1v) is 12.6. The number of pyridine rings is 1. The summed E-state index contributed by atoms with van der Waals surface area (Å²) in [4.78, 5) is 7.32. The minimum atomic E-state index is 0.225. The van der Waals surface area contributed by atoms with Crippen LogP contribution in [0.3, 0.4) is 0 Å². The predicted molar refractivity (Wildman–Crippen MR) is 138 cm³/mol. The van der Waals surface area contributed by atoms with Gasteiger partial charge in [-0.3, -0.25) is 4.90 Å². The second-order valence-electron chi connectivity index (χ2n) is 9.98. The van der Waals surface area contributed by atoms with Crippen molar-refractivity contribution in [3.8, 4) is 28.3 Å². The number of fused-ring (bicyclic) bond motifs is 1. The lowest BCUT2D eigenvalue weighted by Gasteiger charge is -2.48. The van der Waals surface area contributed by atoms with E-state index in [0.717, 1.165) is 66.3 Å². The smallest absolute Gasteiger partial charge is 0.218 e. The third kappa shape index (κ3) is 3.70. The fraction of sp³-hybridized carbons (Fsp3) is 0.345. The Morgan fingerprint density at radius 2 is 1.82 bits per heavy atom. The van der Waals surface area contributed by atoms with Gasteiger partial charge in [0.15, 0.2) is 0 Å². The highest BCUT2D eigenvalue weighted by Gasteiger charge is 2.45. The molecule has 1 spiro atoms. The Balaban J connectivity index is 1.27. The number of rotatable bonds is 5. The van der Waals surface area contributed by atoms with Gasteiger partial charge in [0.1, 0.15) is 0 Å². The molecule has 3 aliphatic rings. The van der Waals surface area contributed by atoms with Crippen LogP contribution in [-0.2, 0) is 19.4 Å². The van der Waals surface area contributed by atoms with Crippen LogP contribution in [0.1, 0.15) is 36.0 Å². The highest BCUT2D eigenvalue weighted by molar-refractivity contribution is 6.36. The average Bonchev–Trinajstić information content (AvgIpc) is 3.46. The topological polar surface area (TPSA) is 37.4 Å². The Morgan fingerprint density at radius 1 is 1.03 bits per heavy atom. The molecule has 2 fully saturated rings. The van der Waals surface area contributed by atoms with Crippen LogP contribution < -0.4 is 10.1 Å². The first-order chi connectivity index (χ1) is 16.5. The normalized spacial score (nSPS) is 18.6. The van der Waals surface area contributed by atoms with Gasteiger partial charge in [-0.25, -0.2) is 4.98 Å². The largest absolute Gasteiger partial charge is 0.481 e. The van der Waals surface area contributed by atoms with Gasteiger partial charge >= 0.3 is 0 Å². The lowest BCUT2D eigenvalue weighted by Crippen LogP contribution is -2.65. The van der Waals surface area contributed by atoms with E-state index in [2.05, 4.69) is 59.3 Å². The number of aryl methyl sites for hydroxylation is 1. The van der Waals surface area contributed by atoms with Gasteiger partial charge in [0.05, 0.1) is 23.4 Å². The van der Waals surface area contributed by atoms with Crippen molar-refractivity contribution in [1.29, 1.82) is 0 Å². The number of likely N-dealkylation sites (tertiary alicyclic amines) is 1. The predicted octanol–water partition coefficient (Wildman–Crippen LogP) is 6.02. The molecule has 1 aromatic heterocycles. The summed E-state index contributed by atoms with van der Waals surface area (Å²) in [6.07, 6.45) is 5.75. The average molecular weight is 472 g/mol. The van der Waals surface area contributed by atoms with Crippen molar-refractivity contribution in [1.82, 2.24) is 15.2 Å². The summed E-state index contributed by atoms with van der Waals surface area (Å²) in [7, 11) is 1.70. The zero-order valence-corrected chi connectivity index (χ0v) is 20.4. The molecule has 1 aliphatic carbocycles. The fourth-order valence-electron chi connectivity index (χ4n) is 6.02. The van der Waals surface area contributed by atoms with Crippen LogP contribution in [0, 0.1) is 0 Å². The van der Waals surface area contributed by atoms with Crippen molar-refractivity contribution in [3.63, 3.8) is 0 Å². The van der Waals surface area contributed by atoms with E-state index in [4.69, 9.17) is 21.3 Å². The minimum absolute atomic E-state index is 0.225. The van der Waals surface area contributed by atoms with Crippen LogP contribution in [0.25, 0.3) is 22.4 Å². The quantitative estimate of drug-likeness (QED) is 0.494. The Morgan fingerprint density at radius 3 is 2.62 bits per heavy atom. The van der Waals surface area contributed by atoms with E-state index in [-0.39, 0.29) is 5.54 Å². The van der Waals surface area contributed by atoms with Gasteiger partial charge < -0.3 is 10.1 Å². The van der Waals surface area contributed by atoms with Gasteiger partial charge in [-0.1, -0.05) is 60.6 Å². The van der Waals surface area contributed by atoms with Crippen molar-refractivity contribution in [2.24, 2.45) is 0 Å². The molecule has 34 heavy (non-hydrogen) atoms. The lowest BCUT2D eigenvalue weighted by molar-refractivity contribution is 0.0500. The first kappa shape index (κ1) is 21.7. The van der Waals surface area contributed by atoms with Gasteiger partial charge in [0.25, 0.3) is 0 Å². The molecule has 174 valence electrons. The van der Waals surface area contributed by atoms with Crippen LogP contribution >= 0.6 is 11.6 Å². The number of ether oxygens (including phenoxy) is 1. The minimum Gasteiger partial charge on any atom is -0.481 e. The van der Waals surface area contributed by atoms with Crippen LogP contribution in [0.4, 0.5) is 0 Å². The lowest BCUT2D eigenvalue weighted by atomic mass is 9.88. The van der Waals surface area contributed by atoms with Gasteiger partial charge in [-0.15, -0.1) is 0 Å². The van der Waals surface area contributed by atoms with Crippen molar-refractivity contribution in [2.75, 3.05) is 20.2 Å². The van der Waals surface area contributed by atoms with E-state index < -0.39 is 0 Å². The Kier molecular flexibility index (Phi) is 5.39. The summed E-state index contributed by atoms with van der Waals surface area (Å²) in [5.41, 5.74) is 9.50. The van der Waals surface area contributed by atoms with E-state index >= 15 is 0 Å². The van der Waals surface area contributed by atoms with Gasteiger partial charge in [0, 0.05) is 42.0 Å². The van der Waals surface area contributed by atoms with E-state index in [1.165, 1.54) is 35.2 Å². The summed E-state index contributed by atoms with van der Waals surface area (Å²) >= 11 is 7.01. The number of methoxy groups -OCH3 is 1. The summed E-state index contributed by atoms with van der Waals surface area (Å²) < 4.78 is 5.72. The maximum Gasteiger partial charge on any atom is 0.218 e. The van der Waals surface area contributed by atoms with Crippen LogP contribution in [-0.4, -0.2) is 35.6 Å². The van der Waals surface area contributed by atoms with Gasteiger partial charge in [0.2, 0.25) is 5.88 Å². The molecular formula is C29H30ClN3O. The molecule has 2 aliphatic heterocycles. The Bertz CT molecular complexity index is 1280. The molecule has 2 aromatic carbocycles. The molecule has 3 heterocycles. The maximum atomic E-state index is 7.01. The maximum absolute atomic E-state index is 7.01.